The van der Waals surface area contributed by atoms with Gasteiger partial charge in [0.25, 0.3) is 0 Å². The second-order valence-corrected chi connectivity index (χ2v) is 28.5. The van der Waals surface area contributed by atoms with Gasteiger partial charge in [-0.3, -0.25) is 37.3 Å². The molecule has 0 amide bonds. The van der Waals surface area contributed by atoms with E-state index in [9.17, 15) is 43.2 Å². The summed E-state index contributed by atoms with van der Waals surface area (Å²) in [6.45, 7) is 9.42. The minimum atomic E-state index is -4.95. The fraction of sp³-hybridized carbons (Fsp3) is 0.942. The van der Waals surface area contributed by atoms with Crippen molar-refractivity contribution in [1.82, 2.24) is 0 Å². The van der Waals surface area contributed by atoms with E-state index in [1.54, 1.807) is 0 Å². The molecule has 0 aliphatic carbocycles. The second kappa shape index (κ2) is 61.3. The van der Waals surface area contributed by atoms with E-state index < -0.39 is 97.5 Å². The Labute approximate surface area is 537 Å². The molecule has 6 atom stereocenters. The largest absolute Gasteiger partial charge is 0.472 e. The Bertz CT molecular complexity index is 1720. The number of esters is 4. The van der Waals surface area contributed by atoms with Gasteiger partial charge >= 0.3 is 39.5 Å². The molecule has 0 spiro atoms. The van der Waals surface area contributed by atoms with Crippen LogP contribution in [0.5, 0.6) is 0 Å². The first kappa shape index (κ1) is 86.1. The van der Waals surface area contributed by atoms with Crippen molar-refractivity contribution in [2.45, 2.75) is 368 Å². The van der Waals surface area contributed by atoms with Crippen molar-refractivity contribution in [1.29, 1.82) is 0 Å². The first-order valence-corrected chi connectivity index (χ1v) is 39.0. The summed E-state index contributed by atoms with van der Waals surface area (Å²) in [5, 5.41) is 10.6. The Hall–Kier alpha value is -1.94. The van der Waals surface area contributed by atoms with E-state index in [0.29, 0.717) is 31.6 Å². The summed E-state index contributed by atoms with van der Waals surface area (Å²) in [5.74, 6) is -0.687. The lowest BCUT2D eigenvalue weighted by Crippen LogP contribution is -2.30. The summed E-state index contributed by atoms with van der Waals surface area (Å²) in [6, 6.07) is 0. The van der Waals surface area contributed by atoms with Gasteiger partial charge in [-0.1, -0.05) is 298 Å². The van der Waals surface area contributed by atoms with E-state index in [-0.39, 0.29) is 25.7 Å². The lowest BCUT2D eigenvalue weighted by molar-refractivity contribution is -0.161. The molecule has 17 nitrogen and oxygen atoms in total. The molecule has 0 saturated carbocycles. The van der Waals surface area contributed by atoms with Crippen LogP contribution in [0.2, 0.25) is 0 Å². The third-order valence-electron chi connectivity index (χ3n) is 16.3. The van der Waals surface area contributed by atoms with Crippen LogP contribution in [0.1, 0.15) is 350 Å². The van der Waals surface area contributed by atoms with Gasteiger partial charge < -0.3 is 33.8 Å². The molecule has 0 saturated heterocycles. The van der Waals surface area contributed by atoms with Gasteiger partial charge in [0.05, 0.1) is 26.4 Å². The Kier molecular flexibility index (Phi) is 59.9. The highest BCUT2D eigenvalue weighted by Gasteiger charge is 2.30. The summed E-state index contributed by atoms with van der Waals surface area (Å²) >= 11 is 0. The standard InChI is InChI=1S/C69H134O17P2/c1-7-10-12-14-16-18-19-20-21-22-23-24-25-26-27-28-34-41-47-53-68(73)85-64(57-80-67(72)52-46-40-33-30-29-31-38-44-50-62(6)9-3)59-83-87(75,76)81-55-63(70)56-82-88(77,78)84-60-65(58-79-66(71)51-45-39-32-17-15-13-11-8-2)86-69(74)54-48-42-36-35-37-43-49-61(4)5/h61-65,70H,7-60H2,1-6H3,(H,75,76)(H,77,78)/t62?,63-,64-,65-/m1/s1. The Morgan fingerprint density at radius 3 is 0.864 bits per heavy atom. The topological polar surface area (TPSA) is 237 Å². The van der Waals surface area contributed by atoms with Crippen molar-refractivity contribution in [2.75, 3.05) is 39.6 Å². The molecule has 0 aromatic heterocycles. The molecule has 0 fully saturated rings. The van der Waals surface area contributed by atoms with E-state index in [4.69, 9.17) is 37.0 Å². The van der Waals surface area contributed by atoms with Gasteiger partial charge in [0.2, 0.25) is 0 Å². The number of hydrogen-bond donors (Lipinski definition) is 3. The maximum atomic E-state index is 13.0. The predicted octanol–water partition coefficient (Wildman–Crippen LogP) is 19.6. The average molecular weight is 1300 g/mol. The minimum absolute atomic E-state index is 0.102. The number of carbonyl (C=O) groups is 4. The molecule has 19 heteroatoms. The molecular formula is C69H134O17P2. The van der Waals surface area contributed by atoms with E-state index in [2.05, 4.69) is 41.5 Å². The van der Waals surface area contributed by atoms with Gasteiger partial charge in [0.1, 0.15) is 19.3 Å². The fourth-order valence-corrected chi connectivity index (χ4v) is 12.0. The maximum Gasteiger partial charge on any atom is 0.472 e. The zero-order valence-electron chi connectivity index (χ0n) is 57.0. The van der Waals surface area contributed by atoms with Gasteiger partial charge in [0.15, 0.2) is 12.2 Å². The highest BCUT2D eigenvalue weighted by Crippen LogP contribution is 2.45. The van der Waals surface area contributed by atoms with Crippen molar-refractivity contribution in [3.8, 4) is 0 Å². The molecule has 88 heavy (non-hydrogen) atoms. The summed E-state index contributed by atoms with van der Waals surface area (Å²) in [6.07, 6.45) is 46.1. The fourth-order valence-electron chi connectivity index (χ4n) is 10.4. The van der Waals surface area contributed by atoms with Gasteiger partial charge in [0, 0.05) is 25.7 Å². The minimum Gasteiger partial charge on any atom is -0.462 e. The van der Waals surface area contributed by atoms with Gasteiger partial charge in [-0.2, -0.15) is 0 Å². The number of ether oxygens (including phenoxy) is 4. The van der Waals surface area contributed by atoms with Crippen LogP contribution in [-0.2, 0) is 65.4 Å². The molecule has 0 rings (SSSR count). The maximum absolute atomic E-state index is 13.0. The molecule has 0 aliphatic rings. The van der Waals surface area contributed by atoms with Crippen LogP contribution in [0.25, 0.3) is 0 Å². The lowest BCUT2D eigenvalue weighted by atomic mass is 9.99. The quantitative estimate of drug-likeness (QED) is 0.0222. The number of aliphatic hydroxyl groups excluding tert-OH is 1. The number of unbranched alkanes of at least 4 members (excludes halogenated alkanes) is 37. The first-order chi connectivity index (χ1) is 42.4. The third-order valence-corrected chi connectivity index (χ3v) is 18.2. The highest BCUT2D eigenvalue weighted by atomic mass is 31.2. The second-order valence-electron chi connectivity index (χ2n) is 25.6. The number of rotatable bonds is 68. The number of hydrogen-bond acceptors (Lipinski definition) is 15. The number of phosphoric ester groups is 2. The van der Waals surface area contributed by atoms with E-state index >= 15 is 0 Å². The molecule has 0 aliphatic heterocycles. The van der Waals surface area contributed by atoms with E-state index in [0.717, 1.165) is 102 Å². The van der Waals surface area contributed by atoms with Gasteiger partial charge in [-0.15, -0.1) is 0 Å². The number of carbonyl (C=O) groups excluding carboxylic acids is 4. The van der Waals surface area contributed by atoms with Crippen molar-refractivity contribution in [3.05, 3.63) is 0 Å². The average Bonchev–Trinajstić information content (AvgIpc) is 3.53. The van der Waals surface area contributed by atoms with Crippen LogP contribution in [-0.4, -0.2) is 96.7 Å². The zero-order chi connectivity index (χ0) is 65.0. The highest BCUT2D eigenvalue weighted by molar-refractivity contribution is 7.47. The Morgan fingerprint density at radius 2 is 0.580 bits per heavy atom. The SMILES string of the molecule is CCCCCCCCCCCCCCCCCCCCCC(=O)O[C@H](COC(=O)CCCCCCCCCCC(C)CC)COP(=O)(O)OC[C@@H](O)COP(=O)(O)OC[C@@H](COC(=O)CCCCCCCCCC)OC(=O)CCCCCCCCC(C)C. The summed E-state index contributed by atoms with van der Waals surface area (Å²) in [5.41, 5.74) is 0. The van der Waals surface area contributed by atoms with Gasteiger partial charge in [-0.25, -0.2) is 9.13 Å². The van der Waals surface area contributed by atoms with Crippen LogP contribution in [0, 0.1) is 11.8 Å². The molecule has 522 valence electrons. The molecule has 3 unspecified atom stereocenters. The molecule has 3 N–H and O–H groups in total. The van der Waals surface area contributed by atoms with Crippen molar-refractivity contribution in [2.24, 2.45) is 11.8 Å². The molecular weight excluding hydrogens is 1160 g/mol. The molecule has 0 bridgehead atoms. The molecule has 0 aromatic rings. The number of phosphoric acid groups is 2. The molecule has 0 heterocycles. The summed E-state index contributed by atoms with van der Waals surface area (Å²) in [7, 11) is -9.89. The molecule has 0 aromatic carbocycles. The van der Waals surface area contributed by atoms with E-state index in [1.165, 1.54) is 161 Å². The van der Waals surface area contributed by atoms with Crippen molar-refractivity contribution < 1.29 is 80.2 Å². The lowest BCUT2D eigenvalue weighted by Gasteiger charge is -2.21. The van der Waals surface area contributed by atoms with Crippen LogP contribution < -0.4 is 0 Å². The monoisotopic (exact) mass is 1300 g/mol. The van der Waals surface area contributed by atoms with Crippen LogP contribution in [0.3, 0.4) is 0 Å². The normalized spacial score (nSPS) is 14.5. The smallest absolute Gasteiger partial charge is 0.462 e. The van der Waals surface area contributed by atoms with Crippen molar-refractivity contribution in [3.63, 3.8) is 0 Å². The van der Waals surface area contributed by atoms with E-state index in [1.807, 2.05) is 0 Å². The number of aliphatic hydroxyl groups is 1. The predicted molar refractivity (Wildman–Crippen MR) is 354 cm³/mol. The summed E-state index contributed by atoms with van der Waals surface area (Å²) < 4.78 is 68.1. The summed E-state index contributed by atoms with van der Waals surface area (Å²) in [4.78, 5) is 72.3. The third kappa shape index (κ3) is 61.6. The molecule has 0 radical (unpaired) electrons. The van der Waals surface area contributed by atoms with Gasteiger partial charge in [-0.05, 0) is 37.5 Å². The Morgan fingerprint density at radius 1 is 0.330 bits per heavy atom. The first-order valence-electron chi connectivity index (χ1n) is 36.0. The van der Waals surface area contributed by atoms with Crippen LogP contribution in [0.15, 0.2) is 0 Å². The Balaban J connectivity index is 5.18. The van der Waals surface area contributed by atoms with Crippen LogP contribution in [0.4, 0.5) is 0 Å². The van der Waals surface area contributed by atoms with Crippen molar-refractivity contribution >= 4 is 39.5 Å². The van der Waals surface area contributed by atoms with Crippen LogP contribution >= 0.6 is 15.6 Å². The zero-order valence-corrected chi connectivity index (χ0v) is 58.8.